The van der Waals surface area contributed by atoms with Gasteiger partial charge in [-0.3, -0.25) is 4.79 Å². The van der Waals surface area contributed by atoms with Crippen molar-refractivity contribution in [1.82, 2.24) is 0 Å². The number of ether oxygens (including phenoxy) is 3. The van der Waals surface area contributed by atoms with Crippen molar-refractivity contribution in [3.05, 3.63) is 23.2 Å². The summed E-state index contributed by atoms with van der Waals surface area (Å²) in [6.07, 6.45) is 7.89. The third-order valence-corrected chi connectivity index (χ3v) is 5.11. The van der Waals surface area contributed by atoms with Crippen molar-refractivity contribution in [2.45, 2.75) is 38.5 Å². The van der Waals surface area contributed by atoms with Crippen LogP contribution in [0.25, 0.3) is 0 Å². The van der Waals surface area contributed by atoms with E-state index in [1.54, 1.807) is 0 Å². The Bertz CT molecular complexity index is 509. The van der Waals surface area contributed by atoms with Gasteiger partial charge in [0.05, 0.1) is 33.2 Å². The number of hydrogen-bond donors (Lipinski definition) is 0. The highest BCUT2D eigenvalue weighted by atomic mass is 127. The van der Waals surface area contributed by atoms with Crippen LogP contribution in [-0.2, 0) is 19.0 Å². The van der Waals surface area contributed by atoms with Crippen LogP contribution < -0.4 is 24.0 Å². The summed E-state index contributed by atoms with van der Waals surface area (Å²) in [5.41, 5.74) is 0.841. The largest absolute Gasteiger partial charge is 1.00 e. The molecule has 136 valence electrons. The summed E-state index contributed by atoms with van der Waals surface area (Å²) in [5.74, 6) is 1.58. The molecule has 0 amide bonds. The topological polar surface area (TPSA) is 44.8 Å². The van der Waals surface area contributed by atoms with Crippen molar-refractivity contribution in [1.29, 1.82) is 0 Å². The molecule has 0 aromatic rings. The molecule has 0 unspecified atom stereocenters. The molecule has 3 aliphatic rings. The van der Waals surface area contributed by atoms with Crippen molar-refractivity contribution in [2.24, 2.45) is 0 Å². The predicted octanol–water partition coefficient (Wildman–Crippen LogP) is -0.467. The first kappa shape index (κ1) is 19.7. The molecule has 1 saturated heterocycles. The molecule has 0 radical (unpaired) electrons. The summed E-state index contributed by atoms with van der Waals surface area (Å²) < 4.78 is 17.6. The maximum atomic E-state index is 12.0. The Morgan fingerprint density at radius 1 is 1.17 bits per heavy atom. The third kappa shape index (κ3) is 5.20. The molecule has 0 saturated carbocycles. The zero-order chi connectivity index (χ0) is 16.1. The Labute approximate surface area is 161 Å². The molecule has 1 fully saturated rings. The summed E-state index contributed by atoms with van der Waals surface area (Å²) >= 11 is 0. The Hall–Kier alpha value is -0.600. The van der Waals surface area contributed by atoms with Crippen molar-refractivity contribution in [3.63, 3.8) is 0 Å². The highest BCUT2D eigenvalue weighted by Gasteiger charge is 2.26. The smallest absolute Gasteiger partial charge is 0.230 e. The predicted molar refractivity (Wildman–Crippen MR) is 86.5 cm³/mol. The van der Waals surface area contributed by atoms with Crippen molar-refractivity contribution in [3.8, 4) is 0 Å². The zero-order valence-corrected chi connectivity index (χ0v) is 16.7. The normalized spacial score (nSPS) is 22.2. The van der Waals surface area contributed by atoms with E-state index in [1.807, 2.05) is 6.08 Å². The molecule has 24 heavy (non-hydrogen) atoms. The van der Waals surface area contributed by atoms with Crippen LogP contribution in [0.4, 0.5) is 0 Å². The van der Waals surface area contributed by atoms with Gasteiger partial charge in [0.25, 0.3) is 0 Å². The molecule has 2 heterocycles. The quantitative estimate of drug-likeness (QED) is 0.300. The van der Waals surface area contributed by atoms with E-state index in [0.29, 0.717) is 18.8 Å². The number of quaternary nitrogens is 1. The maximum Gasteiger partial charge on any atom is 0.230 e. The number of carbonyl (C=O) groups is 1. The number of piperidine rings is 1. The van der Waals surface area contributed by atoms with Gasteiger partial charge < -0.3 is 42.7 Å². The summed E-state index contributed by atoms with van der Waals surface area (Å²) in [5, 5.41) is 0. The van der Waals surface area contributed by atoms with E-state index in [4.69, 9.17) is 14.2 Å². The van der Waals surface area contributed by atoms with Crippen LogP contribution in [0.15, 0.2) is 23.2 Å². The lowest BCUT2D eigenvalue weighted by molar-refractivity contribution is -0.914. The Kier molecular flexibility index (Phi) is 7.56. The van der Waals surface area contributed by atoms with Crippen LogP contribution in [0.2, 0.25) is 0 Å². The summed E-state index contributed by atoms with van der Waals surface area (Å²) in [6.45, 7) is 5.43. The SMILES string of the molecule is C[N+]1(CCOCCCC2=CC3=C(CC2=O)OCO3)CCCCC1.[I-]. The van der Waals surface area contributed by atoms with Crippen LogP contribution in [0.1, 0.15) is 38.5 Å². The first-order valence-corrected chi connectivity index (χ1v) is 8.80. The van der Waals surface area contributed by atoms with Gasteiger partial charge in [-0.1, -0.05) is 0 Å². The second kappa shape index (κ2) is 9.20. The van der Waals surface area contributed by atoms with E-state index < -0.39 is 0 Å². The molecule has 0 bridgehead atoms. The number of allylic oxidation sites excluding steroid dienone is 3. The van der Waals surface area contributed by atoms with E-state index in [9.17, 15) is 4.79 Å². The summed E-state index contributed by atoms with van der Waals surface area (Å²) in [4.78, 5) is 12.0. The minimum Gasteiger partial charge on any atom is -1.00 e. The molecule has 0 aromatic heterocycles. The lowest BCUT2D eigenvalue weighted by Crippen LogP contribution is -3.00. The Morgan fingerprint density at radius 3 is 2.75 bits per heavy atom. The number of rotatable bonds is 7. The highest BCUT2D eigenvalue weighted by Crippen LogP contribution is 2.29. The second-order valence-corrected chi connectivity index (χ2v) is 7.03. The average Bonchev–Trinajstić information content (AvgIpc) is 2.98. The maximum absolute atomic E-state index is 12.0. The second-order valence-electron chi connectivity index (χ2n) is 7.03. The fraction of sp³-hybridized carbons (Fsp3) is 0.722. The molecule has 6 heteroatoms. The molecule has 3 rings (SSSR count). The van der Waals surface area contributed by atoms with Gasteiger partial charge in [-0.15, -0.1) is 0 Å². The monoisotopic (exact) mass is 449 g/mol. The van der Waals surface area contributed by atoms with Gasteiger partial charge in [-0.25, -0.2) is 0 Å². The molecule has 1 aliphatic carbocycles. The van der Waals surface area contributed by atoms with Gasteiger partial charge in [-0.2, -0.15) is 0 Å². The minimum absolute atomic E-state index is 0. The zero-order valence-electron chi connectivity index (χ0n) is 14.5. The molecule has 0 N–H and O–H groups in total. The molecule has 0 spiro atoms. The molecule has 0 atom stereocenters. The number of carbonyl (C=O) groups excluding carboxylic acids is 1. The van der Waals surface area contributed by atoms with Crippen molar-refractivity contribution >= 4 is 5.78 Å². The fourth-order valence-corrected chi connectivity index (χ4v) is 3.54. The van der Waals surface area contributed by atoms with E-state index in [2.05, 4.69) is 7.05 Å². The van der Waals surface area contributed by atoms with E-state index in [0.717, 1.165) is 41.8 Å². The summed E-state index contributed by atoms with van der Waals surface area (Å²) in [6, 6.07) is 0. The van der Waals surface area contributed by atoms with Gasteiger partial charge in [0.2, 0.25) is 6.79 Å². The standard InChI is InChI=1S/C18H28NO4.HI/c1-19(7-3-2-4-8-19)9-11-21-10-5-6-15-12-17-18(13-16(15)20)23-14-22-17;/h12H,2-11,13-14H2,1H3;1H/q+1;/p-1. The lowest BCUT2D eigenvalue weighted by atomic mass is 9.97. The average molecular weight is 449 g/mol. The number of ketones is 1. The summed E-state index contributed by atoms with van der Waals surface area (Å²) in [7, 11) is 2.34. The van der Waals surface area contributed by atoms with Gasteiger partial charge in [0, 0.05) is 6.61 Å². The van der Waals surface area contributed by atoms with Gasteiger partial charge in [0.1, 0.15) is 6.54 Å². The number of nitrogens with zero attached hydrogens (tertiary/aromatic N) is 1. The van der Waals surface area contributed by atoms with Crippen molar-refractivity contribution in [2.75, 3.05) is 46.7 Å². The fourth-order valence-electron chi connectivity index (χ4n) is 3.54. The number of likely N-dealkylation sites (tertiary alicyclic amines) is 1. The van der Waals surface area contributed by atoms with Crippen LogP contribution in [0.3, 0.4) is 0 Å². The minimum atomic E-state index is 0. The Balaban J connectivity index is 0.00000208. The van der Waals surface area contributed by atoms with Gasteiger partial charge in [0.15, 0.2) is 17.3 Å². The van der Waals surface area contributed by atoms with Crippen LogP contribution in [0.5, 0.6) is 0 Å². The molecule has 5 nitrogen and oxygen atoms in total. The van der Waals surface area contributed by atoms with E-state index in [-0.39, 0.29) is 36.6 Å². The number of likely N-dealkylation sites (N-methyl/N-ethyl adjacent to an activating group) is 1. The first-order chi connectivity index (χ1) is 11.2. The van der Waals surface area contributed by atoms with Crippen LogP contribution in [0, 0.1) is 0 Å². The molecule has 0 aromatic carbocycles. The lowest BCUT2D eigenvalue weighted by Gasteiger charge is -2.37. The number of hydrogen-bond acceptors (Lipinski definition) is 4. The molecule has 2 aliphatic heterocycles. The third-order valence-electron chi connectivity index (χ3n) is 5.11. The van der Waals surface area contributed by atoms with E-state index in [1.165, 1.54) is 32.4 Å². The first-order valence-electron chi connectivity index (χ1n) is 8.80. The number of halogens is 1. The van der Waals surface area contributed by atoms with Gasteiger partial charge >= 0.3 is 0 Å². The number of Topliss-reactive ketones (excluding diaryl/α,β-unsaturated/α-hetero) is 1. The Morgan fingerprint density at radius 2 is 1.96 bits per heavy atom. The molecular weight excluding hydrogens is 421 g/mol. The van der Waals surface area contributed by atoms with E-state index >= 15 is 0 Å². The van der Waals surface area contributed by atoms with Crippen LogP contribution in [-0.4, -0.2) is 57.0 Å². The van der Waals surface area contributed by atoms with Crippen LogP contribution >= 0.6 is 0 Å². The van der Waals surface area contributed by atoms with Gasteiger partial charge in [-0.05, 0) is 43.8 Å². The highest BCUT2D eigenvalue weighted by molar-refractivity contribution is 5.98. The van der Waals surface area contributed by atoms with Crippen molar-refractivity contribution < 1.29 is 47.5 Å². The molecular formula is C18H28INO4.